The molecule has 0 amide bonds. The Morgan fingerprint density at radius 1 is 1.17 bits per heavy atom. The second kappa shape index (κ2) is 7.65. The molecular weight excluding hydrogens is 413 g/mol. The number of imidazole rings is 1. The molecule has 0 saturated heterocycles. The summed E-state index contributed by atoms with van der Waals surface area (Å²) in [6.07, 6.45) is 1.28. The minimum Gasteiger partial charge on any atom is -0.468 e. The van der Waals surface area contributed by atoms with E-state index in [1.165, 1.54) is 42.3 Å². The number of methoxy groups -OCH3 is 1. The Hall–Kier alpha value is -3.64. The molecule has 0 radical (unpaired) electrons. The van der Waals surface area contributed by atoms with Gasteiger partial charge in [0.2, 0.25) is 21.9 Å². The third kappa shape index (κ3) is 3.77. The summed E-state index contributed by atoms with van der Waals surface area (Å²) in [6.45, 7) is 0.290. The molecule has 3 N–H and O–H groups in total. The number of halogens is 1. The number of primary sulfonamides is 1. The summed E-state index contributed by atoms with van der Waals surface area (Å²) in [6, 6.07) is 10.7. The van der Waals surface area contributed by atoms with Gasteiger partial charge < -0.3 is 10.1 Å². The number of nitrogens with one attached hydrogen (secondary N) is 1. The van der Waals surface area contributed by atoms with Crippen LogP contribution in [0.2, 0.25) is 0 Å². The van der Waals surface area contributed by atoms with E-state index in [9.17, 15) is 12.8 Å². The molecule has 0 fully saturated rings. The molecular formula is C18H16FN7O3S. The molecule has 4 aromatic rings. The van der Waals surface area contributed by atoms with E-state index < -0.39 is 10.0 Å². The Morgan fingerprint density at radius 3 is 2.70 bits per heavy atom. The van der Waals surface area contributed by atoms with Crippen LogP contribution >= 0.6 is 0 Å². The van der Waals surface area contributed by atoms with Crippen LogP contribution in [0.25, 0.3) is 17.0 Å². The average Bonchev–Trinajstić information content (AvgIpc) is 3.10. The number of anilines is 1. The van der Waals surface area contributed by atoms with Crippen LogP contribution in [0.4, 0.5) is 10.3 Å². The molecule has 12 heteroatoms. The van der Waals surface area contributed by atoms with Crippen molar-refractivity contribution in [2.24, 2.45) is 5.14 Å². The van der Waals surface area contributed by atoms with Crippen LogP contribution in [-0.2, 0) is 16.6 Å². The number of hydrogen-bond acceptors (Lipinski definition) is 8. The molecule has 0 aliphatic heterocycles. The van der Waals surface area contributed by atoms with Crippen LogP contribution in [0.5, 0.6) is 6.01 Å². The van der Waals surface area contributed by atoms with Gasteiger partial charge in [-0.05, 0) is 29.8 Å². The lowest BCUT2D eigenvalue weighted by Crippen LogP contribution is -2.12. The van der Waals surface area contributed by atoms with Gasteiger partial charge in [0, 0.05) is 6.54 Å². The molecule has 2 heterocycles. The van der Waals surface area contributed by atoms with Crippen molar-refractivity contribution in [1.29, 1.82) is 0 Å². The van der Waals surface area contributed by atoms with Crippen LogP contribution in [0, 0.1) is 5.82 Å². The zero-order valence-corrected chi connectivity index (χ0v) is 16.5. The summed E-state index contributed by atoms with van der Waals surface area (Å²) in [5.74, 6) is 0.0411. The highest BCUT2D eigenvalue weighted by molar-refractivity contribution is 7.89. The molecule has 10 nitrogen and oxygen atoms in total. The summed E-state index contributed by atoms with van der Waals surface area (Å²) >= 11 is 0. The van der Waals surface area contributed by atoms with Crippen LogP contribution in [0.15, 0.2) is 53.7 Å². The lowest BCUT2D eigenvalue weighted by molar-refractivity contribution is 0.374. The number of fused-ring (bicyclic) bond motifs is 1. The number of sulfonamides is 1. The number of ether oxygens (including phenoxy) is 1. The third-order valence-electron chi connectivity index (χ3n) is 4.21. The molecule has 2 aromatic carbocycles. The van der Waals surface area contributed by atoms with Gasteiger partial charge in [-0.25, -0.2) is 32.5 Å². The predicted octanol–water partition coefficient (Wildman–Crippen LogP) is 1.62. The number of para-hydroxylation sites is 1. The topological polar surface area (TPSA) is 138 Å². The Balaban J connectivity index is 1.75. The fourth-order valence-corrected chi connectivity index (χ4v) is 3.61. The molecule has 154 valence electrons. The van der Waals surface area contributed by atoms with Crippen molar-refractivity contribution in [3.05, 3.63) is 60.2 Å². The molecule has 30 heavy (non-hydrogen) atoms. The Labute approximate surface area is 170 Å². The number of benzene rings is 2. The van der Waals surface area contributed by atoms with Gasteiger partial charge in [0.15, 0.2) is 0 Å². The van der Waals surface area contributed by atoms with E-state index in [1.54, 1.807) is 18.2 Å². The Bertz CT molecular complexity index is 1340. The molecule has 0 aliphatic carbocycles. The monoisotopic (exact) mass is 429 g/mol. The summed E-state index contributed by atoms with van der Waals surface area (Å²) in [7, 11) is -2.61. The molecule has 0 spiro atoms. The first-order valence-corrected chi connectivity index (χ1v) is 10.2. The SMILES string of the molecule is COc1nc2c(S(N)(=O)=O)cccc2n1-c1ncnc(NCc2cccc(F)c2)n1. The van der Waals surface area contributed by atoms with Gasteiger partial charge in [-0.3, -0.25) is 0 Å². The van der Waals surface area contributed by atoms with Crippen molar-refractivity contribution in [2.45, 2.75) is 11.4 Å². The van der Waals surface area contributed by atoms with Gasteiger partial charge in [-0.1, -0.05) is 18.2 Å². The van der Waals surface area contributed by atoms with E-state index in [-0.39, 0.29) is 34.1 Å². The van der Waals surface area contributed by atoms with Gasteiger partial charge in [0.1, 0.15) is 22.6 Å². The third-order valence-corrected chi connectivity index (χ3v) is 5.15. The zero-order chi connectivity index (χ0) is 21.3. The molecule has 0 unspecified atom stereocenters. The summed E-state index contributed by atoms with van der Waals surface area (Å²) in [5, 5.41) is 8.29. The average molecular weight is 429 g/mol. The molecule has 4 rings (SSSR count). The molecule has 2 aromatic heterocycles. The second-order valence-corrected chi connectivity index (χ2v) is 7.73. The van der Waals surface area contributed by atoms with Gasteiger partial charge in [0.05, 0.1) is 12.6 Å². The second-order valence-electron chi connectivity index (χ2n) is 6.20. The van der Waals surface area contributed by atoms with Gasteiger partial charge in [0.25, 0.3) is 0 Å². The fraction of sp³-hybridized carbons (Fsp3) is 0.111. The molecule has 0 atom stereocenters. The number of hydrogen-bond donors (Lipinski definition) is 2. The fourth-order valence-electron chi connectivity index (χ4n) is 2.92. The minimum atomic E-state index is -4.00. The van der Waals surface area contributed by atoms with Crippen molar-refractivity contribution in [3.8, 4) is 12.0 Å². The van der Waals surface area contributed by atoms with Crippen molar-refractivity contribution in [1.82, 2.24) is 24.5 Å². The standard InChI is InChI=1S/C18H16FN7O3S/c1-29-18-24-15-13(6-3-7-14(15)30(20,27)28)26(18)17-23-10-22-16(25-17)21-9-11-4-2-5-12(19)8-11/h2-8,10H,9H2,1H3,(H2,20,27,28)(H,21,22,23,25). The van der Waals surface area contributed by atoms with Crippen LogP contribution in [0.3, 0.4) is 0 Å². The largest absolute Gasteiger partial charge is 0.468 e. The summed E-state index contributed by atoms with van der Waals surface area (Å²) < 4.78 is 43.9. The lowest BCUT2D eigenvalue weighted by Gasteiger charge is -2.09. The van der Waals surface area contributed by atoms with E-state index in [2.05, 4.69) is 25.3 Å². The number of aromatic nitrogens is 5. The van der Waals surface area contributed by atoms with Gasteiger partial charge in [-0.2, -0.15) is 9.97 Å². The van der Waals surface area contributed by atoms with Crippen molar-refractivity contribution >= 4 is 27.0 Å². The van der Waals surface area contributed by atoms with Crippen molar-refractivity contribution < 1.29 is 17.5 Å². The number of rotatable bonds is 6. The highest BCUT2D eigenvalue weighted by Gasteiger charge is 2.22. The summed E-state index contributed by atoms with van der Waals surface area (Å²) in [4.78, 5) is 16.6. The van der Waals surface area contributed by atoms with E-state index in [1.807, 2.05) is 0 Å². The maximum absolute atomic E-state index is 13.3. The first-order chi connectivity index (χ1) is 14.4. The quantitative estimate of drug-likeness (QED) is 0.472. The first kappa shape index (κ1) is 19.7. The molecule has 0 aliphatic rings. The van der Waals surface area contributed by atoms with E-state index in [0.717, 1.165) is 0 Å². The minimum absolute atomic E-state index is 0.0726. The predicted molar refractivity (Wildman–Crippen MR) is 106 cm³/mol. The Morgan fingerprint density at radius 2 is 1.97 bits per heavy atom. The first-order valence-electron chi connectivity index (χ1n) is 8.63. The molecule has 0 bridgehead atoms. The number of nitrogens with two attached hydrogens (primary N) is 1. The van der Waals surface area contributed by atoms with Crippen LogP contribution in [0.1, 0.15) is 5.56 Å². The highest BCUT2D eigenvalue weighted by Crippen LogP contribution is 2.28. The molecule has 0 saturated carbocycles. The van der Waals surface area contributed by atoms with Gasteiger partial charge >= 0.3 is 6.01 Å². The van der Waals surface area contributed by atoms with Crippen LogP contribution < -0.4 is 15.2 Å². The van der Waals surface area contributed by atoms with Crippen LogP contribution in [-0.4, -0.2) is 40.0 Å². The maximum Gasteiger partial charge on any atom is 0.304 e. The summed E-state index contributed by atoms with van der Waals surface area (Å²) in [5.41, 5.74) is 1.23. The van der Waals surface area contributed by atoms with Crippen molar-refractivity contribution in [3.63, 3.8) is 0 Å². The highest BCUT2D eigenvalue weighted by atomic mass is 32.2. The zero-order valence-electron chi connectivity index (χ0n) is 15.7. The normalized spacial score (nSPS) is 11.6. The lowest BCUT2D eigenvalue weighted by atomic mass is 10.2. The number of nitrogens with zero attached hydrogens (tertiary/aromatic N) is 5. The van der Waals surface area contributed by atoms with Crippen molar-refractivity contribution in [2.75, 3.05) is 12.4 Å². The Kier molecular flexibility index (Phi) is 5.01. The smallest absolute Gasteiger partial charge is 0.304 e. The van der Waals surface area contributed by atoms with E-state index in [0.29, 0.717) is 17.6 Å². The van der Waals surface area contributed by atoms with Gasteiger partial charge in [-0.15, -0.1) is 0 Å². The maximum atomic E-state index is 13.3. The van der Waals surface area contributed by atoms with E-state index in [4.69, 9.17) is 9.88 Å². The van der Waals surface area contributed by atoms with E-state index >= 15 is 0 Å².